The molecule has 0 radical (unpaired) electrons. The Morgan fingerprint density at radius 3 is 2.67 bits per heavy atom. The van der Waals surface area contributed by atoms with Crippen LogP contribution in [0.4, 0.5) is 0 Å². The fraction of sp³-hybridized carbons (Fsp3) is 0.0714. The molecule has 0 aliphatic rings. The molecule has 0 unspecified atom stereocenters. The quantitative estimate of drug-likeness (QED) is 0.560. The Balaban J connectivity index is 2.32. The first-order valence-electron chi connectivity index (χ1n) is 6.09. The summed E-state index contributed by atoms with van der Waals surface area (Å²) in [5.41, 5.74) is 0.441. The molecule has 0 saturated carbocycles. The minimum absolute atomic E-state index is 0.137. The highest BCUT2D eigenvalue weighted by molar-refractivity contribution is 9.10. The van der Waals surface area contributed by atoms with Crippen molar-refractivity contribution in [3.63, 3.8) is 0 Å². The van der Waals surface area contributed by atoms with Crippen molar-refractivity contribution in [2.24, 2.45) is 0 Å². The van der Waals surface area contributed by atoms with Gasteiger partial charge in [-0.05, 0) is 27.6 Å². The number of pyridine rings is 1. The van der Waals surface area contributed by atoms with Gasteiger partial charge in [-0.15, -0.1) is 0 Å². The van der Waals surface area contributed by atoms with Crippen molar-refractivity contribution in [3.8, 4) is 0 Å². The van der Waals surface area contributed by atoms with Crippen molar-refractivity contribution in [1.29, 1.82) is 0 Å². The van der Waals surface area contributed by atoms with Crippen molar-refractivity contribution in [2.45, 2.75) is 6.54 Å². The van der Waals surface area contributed by atoms with Crippen LogP contribution in [0, 0.1) is 0 Å². The second kappa shape index (κ2) is 5.46. The summed E-state index contributed by atoms with van der Waals surface area (Å²) in [4.78, 5) is 30.4. The van der Waals surface area contributed by atoms with E-state index in [1.807, 2.05) is 30.3 Å². The Bertz CT molecular complexity index is 935. The molecule has 0 fully saturated rings. The summed E-state index contributed by atoms with van der Waals surface area (Å²) in [6.07, 6.45) is 0. The Kier molecular flexibility index (Phi) is 3.65. The first kappa shape index (κ1) is 14.0. The summed E-state index contributed by atoms with van der Waals surface area (Å²) in [7, 11) is 0. The summed E-state index contributed by atoms with van der Waals surface area (Å²) in [6.45, 7) is 0.285. The lowest BCUT2D eigenvalue weighted by molar-refractivity contribution is 0.775. The standard InChI is InChI=1S/C14H9BrClN3O2/c15-10-6-9-11(12(16)17-10)18-13(20)14(21)19(9)7-8-4-2-1-3-5-8/h1-6H,7H2,(H,18,20). The molecule has 5 nitrogen and oxygen atoms in total. The van der Waals surface area contributed by atoms with Crippen LogP contribution in [0.3, 0.4) is 0 Å². The predicted octanol–water partition coefficient (Wildman–Crippen LogP) is 2.55. The SMILES string of the molecule is O=c1[nH]c2c(Cl)nc(Br)cc2n(Cc2ccccc2)c1=O. The van der Waals surface area contributed by atoms with Gasteiger partial charge in [0.25, 0.3) is 0 Å². The van der Waals surface area contributed by atoms with Gasteiger partial charge in [0.2, 0.25) is 0 Å². The molecule has 0 atom stereocenters. The summed E-state index contributed by atoms with van der Waals surface area (Å²) < 4.78 is 1.88. The molecule has 1 N–H and O–H groups in total. The van der Waals surface area contributed by atoms with Gasteiger partial charge >= 0.3 is 11.1 Å². The Morgan fingerprint density at radius 1 is 1.24 bits per heavy atom. The number of nitrogens with zero attached hydrogens (tertiary/aromatic N) is 2. The maximum absolute atomic E-state index is 12.2. The highest BCUT2D eigenvalue weighted by Crippen LogP contribution is 2.21. The number of hydrogen-bond donors (Lipinski definition) is 1. The Labute approximate surface area is 132 Å². The number of H-pyrrole nitrogens is 1. The monoisotopic (exact) mass is 365 g/mol. The zero-order valence-electron chi connectivity index (χ0n) is 10.6. The Morgan fingerprint density at radius 2 is 1.95 bits per heavy atom. The van der Waals surface area contributed by atoms with E-state index in [9.17, 15) is 9.59 Å². The van der Waals surface area contributed by atoms with E-state index in [0.717, 1.165) is 5.56 Å². The van der Waals surface area contributed by atoms with Crippen LogP contribution < -0.4 is 11.1 Å². The van der Waals surface area contributed by atoms with Crippen LogP contribution in [-0.4, -0.2) is 14.5 Å². The normalized spacial score (nSPS) is 11.0. The molecule has 7 heteroatoms. The van der Waals surface area contributed by atoms with Gasteiger partial charge in [-0.25, -0.2) is 4.98 Å². The van der Waals surface area contributed by atoms with Crippen LogP contribution in [0.15, 0.2) is 50.6 Å². The number of fused-ring (bicyclic) bond motifs is 1. The molecule has 0 saturated heterocycles. The molecule has 1 aromatic carbocycles. The van der Waals surface area contributed by atoms with E-state index in [-0.39, 0.29) is 11.7 Å². The number of nitrogens with one attached hydrogen (secondary N) is 1. The number of benzene rings is 1. The van der Waals surface area contributed by atoms with Crippen LogP contribution in [0.2, 0.25) is 5.15 Å². The van der Waals surface area contributed by atoms with Gasteiger partial charge in [0.15, 0.2) is 5.15 Å². The maximum atomic E-state index is 12.2. The van der Waals surface area contributed by atoms with Crippen molar-refractivity contribution in [2.75, 3.05) is 0 Å². The zero-order chi connectivity index (χ0) is 15.0. The summed E-state index contributed by atoms with van der Waals surface area (Å²) in [5.74, 6) is 0. The fourth-order valence-corrected chi connectivity index (χ4v) is 2.85. The largest absolute Gasteiger partial charge is 0.317 e. The van der Waals surface area contributed by atoms with Gasteiger partial charge in [0.05, 0.1) is 12.1 Å². The number of halogens is 2. The van der Waals surface area contributed by atoms with E-state index in [1.165, 1.54) is 4.57 Å². The third-order valence-corrected chi connectivity index (χ3v) is 3.76. The highest BCUT2D eigenvalue weighted by Gasteiger charge is 2.12. The van der Waals surface area contributed by atoms with Gasteiger partial charge in [0, 0.05) is 0 Å². The van der Waals surface area contributed by atoms with Crippen LogP contribution in [-0.2, 0) is 6.54 Å². The summed E-state index contributed by atoms with van der Waals surface area (Å²) in [5, 5.41) is 0.137. The molecule has 2 heterocycles. The average Bonchev–Trinajstić information content (AvgIpc) is 2.46. The van der Waals surface area contributed by atoms with E-state index in [1.54, 1.807) is 6.07 Å². The van der Waals surface area contributed by atoms with Gasteiger partial charge in [0.1, 0.15) is 10.1 Å². The lowest BCUT2D eigenvalue weighted by atomic mass is 10.2. The van der Waals surface area contributed by atoms with Gasteiger partial charge in [-0.3, -0.25) is 14.2 Å². The van der Waals surface area contributed by atoms with Crippen LogP contribution >= 0.6 is 27.5 Å². The molecule has 3 rings (SSSR count). The van der Waals surface area contributed by atoms with Gasteiger partial charge in [-0.1, -0.05) is 41.9 Å². The minimum atomic E-state index is -0.718. The van der Waals surface area contributed by atoms with Crippen molar-refractivity contribution in [3.05, 3.63) is 72.4 Å². The van der Waals surface area contributed by atoms with E-state index in [4.69, 9.17) is 11.6 Å². The van der Waals surface area contributed by atoms with Crippen molar-refractivity contribution in [1.82, 2.24) is 14.5 Å². The van der Waals surface area contributed by atoms with Crippen LogP contribution in [0.5, 0.6) is 0 Å². The van der Waals surface area contributed by atoms with Crippen molar-refractivity contribution >= 4 is 38.6 Å². The maximum Gasteiger partial charge on any atom is 0.317 e. The lowest BCUT2D eigenvalue weighted by Gasteiger charge is -2.10. The van der Waals surface area contributed by atoms with Crippen molar-refractivity contribution < 1.29 is 0 Å². The van der Waals surface area contributed by atoms with Crippen LogP contribution in [0.1, 0.15) is 5.56 Å². The smallest absolute Gasteiger partial charge is 0.313 e. The first-order chi connectivity index (χ1) is 10.1. The van der Waals surface area contributed by atoms with E-state index >= 15 is 0 Å². The molecule has 0 aliphatic heterocycles. The van der Waals surface area contributed by atoms with Crippen LogP contribution in [0.25, 0.3) is 11.0 Å². The van der Waals surface area contributed by atoms with E-state index in [0.29, 0.717) is 15.6 Å². The molecule has 2 aromatic heterocycles. The number of aromatic nitrogens is 3. The third-order valence-electron chi connectivity index (χ3n) is 3.08. The lowest BCUT2D eigenvalue weighted by Crippen LogP contribution is -2.36. The number of hydrogen-bond acceptors (Lipinski definition) is 3. The zero-order valence-corrected chi connectivity index (χ0v) is 13.0. The molecule has 3 aromatic rings. The van der Waals surface area contributed by atoms with E-state index < -0.39 is 11.1 Å². The third kappa shape index (κ3) is 2.64. The predicted molar refractivity (Wildman–Crippen MR) is 84.9 cm³/mol. The molecule has 21 heavy (non-hydrogen) atoms. The number of aromatic amines is 1. The molecule has 0 bridgehead atoms. The van der Waals surface area contributed by atoms with Gasteiger partial charge in [-0.2, -0.15) is 0 Å². The molecule has 0 aliphatic carbocycles. The summed E-state index contributed by atoms with van der Waals surface area (Å²) in [6, 6.07) is 11.1. The second-order valence-corrected chi connectivity index (χ2v) is 5.63. The first-order valence-corrected chi connectivity index (χ1v) is 7.26. The fourth-order valence-electron chi connectivity index (χ4n) is 2.12. The minimum Gasteiger partial charge on any atom is -0.313 e. The van der Waals surface area contributed by atoms with E-state index in [2.05, 4.69) is 25.9 Å². The molecule has 106 valence electrons. The average molecular weight is 367 g/mol. The Hall–Kier alpha value is -1.92. The number of rotatable bonds is 2. The molecule has 0 amide bonds. The molecular formula is C14H9BrClN3O2. The molecule has 0 spiro atoms. The van der Waals surface area contributed by atoms with Gasteiger partial charge < -0.3 is 4.98 Å². The summed E-state index contributed by atoms with van der Waals surface area (Å²) >= 11 is 9.28. The second-order valence-electron chi connectivity index (χ2n) is 4.46. The molecular weight excluding hydrogens is 358 g/mol. The highest BCUT2D eigenvalue weighted by atomic mass is 79.9. The topological polar surface area (TPSA) is 67.8 Å².